The van der Waals surface area contributed by atoms with Gasteiger partial charge in [-0.05, 0) is 36.2 Å². The van der Waals surface area contributed by atoms with Gasteiger partial charge in [-0.15, -0.1) is 0 Å². The van der Waals surface area contributed by atoms with Crippen LogP contribution >= 0.6 is 0 Å². The molecule has 0 bridgehead atoms. The standard InChI is InChI=1S/C22H23NO3/c1-3-26-19-14-13-16-9-7-8-12-18(16)20(19)21(24)23-15-22(2,25)17-10-5-4-6-11-17/h4-14,25H,3,15H2,1-2H3,(H,23,24)/t22-/m0/s1. The zero-order chi connectivity index (χ0) is 18.6. The predicted octanol–water partition coefficient (Wildman–Crippen LogP) is 3.88. The maximum absolute atomic E-state index is 12.9. The SMILES string of the molecule is CCOc1ccc2ccccc2c1C(=O)NC[C@](C)(O)c1ccccc1. The van der Waals surface area contributed by atoms with Crippen molar-refractivity contribution in [2.24, 2.45) is 0 Å². The molecular weight excluding hydrogens is 326 g/mol. The average Bonchev–Trinajstić information content (AvgIpc) is 2.67. The number of hydrogen-bond donors (Lipinski definition) is 2. The summed E-state index contributed by atoms with van der Waals surface area (Å²) in [5.74, 6) is 0.282. The second kappa shape index (κ2) is 7.58. The van der Waals surface area contributed by atoms with E-state index in [1.54, 1.807) is 6.92 Å². The van der Waals surface area contributed by atoms with Crippen molar-refractivity contribution in [1.29, 1.82) is 0 Å². The van der Waals surface area contributed by atoms with Crippen LogP contribution in [0.25, 0.3) is 10.8 Å². The third kappa shape index (κ3) is 3.70. The van der Waals surface area contributed by atoms with Crippen LogP contribution < -0.4 is 10.1 Å². The summed E-state index contributed by atoms with van der Waals surface area (Å²) in [6, 6.07) is 20.8. The van der Waals surface area contributed by atoms with E-state index >= 15 is 0 Å². The minimum absolute atomic E-state index is 0.102. The Kier molecular flexibility index (Phi) is 5.24. The van der Waals surface area contributed by atoms with Gasteiger partial charge in [-0.2, -0.15) is 0 Å². The molecule has 0 fully saturated rings. The van der Waals surface area contributed by atoms with Crippen LogP contribution in [0.1, 0.15) is 29.8 Å². The van der Waals surface area contributed by atoms with Crippen LogP contribution in [0.3, 0.4) is 0 Å². The summed E-state index contributed by atoms with van der Waals surface area (Å²) in [7, 11) is 0. The fourth-order valence-corrected chi connectivity index (χ4v) is 3.00. The Balaban J connectivity index is 1.89. The monoisotopic (exact) mass is 349 g/mol. The van der Waals surface area contributed by atoms with Crippen molar-refractivity contribution in [2.75, 3.05) is 13.2 Å². The van der Waals surface area contributed by atoms with Crippen molar-refractivity contribution >= 4 is 16.7 Å². The van der Waals surface area contributed by atoms with Crippen LogP contribution in [0.4, 0.5) is 0 Å². The van der Waals surface area contributed by atoms with E-state index in [2.05, 4.69) is 5.32 Å². The fourth-order valence-electron chi connectivity index (χ4n) is 3.00. The number of rotatable bonds is 6. The molecule has 0 aliphatic rings. The van der Waals surface area contributed by atoms with Crippen LogP contribution in [-0.4, -0.2) is 24.2 Å². The summed E-state index contributed by atoms with van der Waals surface area (Å²) in [5, 5.41) is 15.4. The maximum atomic E-state index is 12.9. The summed E-state index contributed by atoms with van der Waals surface area (Å²) in [6.45, 7) is 4.15. The van der Waals surface area contributed by atoms with Crippen LogP contribution in [0.2, 0.25) is 0 Å². The molecule has 0 unspecified atom stereocenters. The highest BCUT2D eigenvalue weighted by atomic mass is 16.5. The van der Waals surface area contributed by atoms with Gasteiger partial charge in [0.15, 0.2) is 0 Å². The highest BCUT2D eigenvalue weighted by Crippen LogP contribution is 2.28. The number of carbonyl (C=O) groups is 1. The number of hydrogen-bond acceptors (Lipinski definition) is 3. The third-order valence-corrected chi connectivity index (χ3v) is 4.41. The lowest BCUT2D eigenvalue weighted by Crippen LogP contribution is -2.38. The number of benzene rings is 3. The van der Waals surface area contributed by atoms with E-state index in [-0.39, 0.29) is 12.5 Å². The van der Waals surface area contributed by atoms with E-state index in [1.807, 2.05) is 73.7 Å². The van der Waals surface area contributed by atoms with E-state index in [4.69, 9.17) is 4.74 Å². The molecule has 2 N–H and O–H groups in total. The predicted molar refractivity (Wildman–Crippen MR) is 103 cm³/mol. The van der Waals surface area contributed by atoms with Gasteiger partial charge >= 0.3 is 0 Å². The smallest absolute Gasteiger partial charge is 0.255 e. The van der Waals surface area contributed by atoms with E-state index in [1.165, 1.54) is 0 Å². The third-order valence-electron chi connectivity index (χ3n) is 4.41. The van der Waals surface area contributed by atoms with Gasteiger partial charge in [-0.25, -0.2) is 0 Å². The first-order valence-electron chi connectivity index (χ1n) is 8.73. The van der Waals surface area contributed by atoms with Gasteiger partial charge in [0.05, 0.1) is 18.7 Å². The second-order valence-corrected chi connectivity index (χ2v) is 6.42. The van der Waals surface area contributed by atoms with Crippen molar-refractivity contribution < 1.29 is 14.6 Å². The summed E-state index contributed by atoms with van der Waals surface area (Å²) in [4.78, 5) is 12.9. The quantitative estimate of drug-likeness (QED) is 0.710. The maximum Gasteiger partial charge on any atom is 0.255 e. The molecule has 0 aliphatic heterocycles. The van der Waals surface area contributed by atoms with Crippen LogP contribution in [-0.2, 0) is 5.60 Å². The van der Waals surface area contributed by atoms with Gasteiger partial charge in [-0.1, -0.05) is 60.7 Å². The minimum atomic E-state index is -1.16. The molecule has 3 aromatic carbocycles. The number of nitrogens with one attached hydrogen (secondary N) is 1. The lowest BCUT2D eigenvalue weighted by molar-refractivity contribution is 0.0526. The normalized spacial score (nSPS) is 13.2. The topological polar surface area (TPSA) is 58.6 Å². The number of amides is 1. The van der Waals surface area contributed by atoms with E-state index in [0.717, 1.165) is 16.3 Å². The number of aliphatic hydroxyl groups is 1. The van der Waals surface area contributed by atoms with Gasteiger partial charge in [0.25, 0.3) is 5.91 Å². The summed E-state index contributed by atoms with van der Waals surface area (Å²) in [5.41, 5.74) is 0.0878. The minimum Gasteiger partial charge on any atom is -0.493 e. The largest absolute Gasteiger partial charge is 0.493 e. The van der Waals surface area contributed by atoms with Crippen molar-refractivity contribution in [3.05, 3.63) is 77.9 Å². The molecule has 4 nitrogen and oxygen atoms in total. The first-order chi connectivity index (χ1) is 12.5. The van der Waals surface area contributed by atoms with Crippen molar-refractivity contribution in [3.8, 4) is 5.75 Å². The fraction of sp³-hybridized carbons (Fsp3) is 0.227. The van der Waals surface area contributed by atoms with Gasteiger partial charge in [0, 0.05) is 0 Å². The molecule has 3 rings (SSSR count). The highest BCUT2D eigenvalue weighted by molar-refractivity contribution is 6.09. The Hall–Kier alpha value is -2.85. The Morgan fingerprint density at radius 2 is 1.73 bits per heavy atom. The summed E-state index contributed by atoms with van der Waals surface area (Å²) < 4.78 is 5.66. The first-order valence-corrected chi connectivity index (χ1v) is 8.73. The number of carbonyl (C=O) groups excluding carboxylic acids is 1. The molecular formula is C22H23NO3. The Morgan fingerprint density at radius 1 is 1.04 bits per heavy atom. The molecule has 0 radical (unpaired) electrons. The van der Waals surface area contributed by atoms with E-state index in [0.29, 0.717) is 17.9 Å². The van der Waals surface area contributed by atoms with Crippen LogP contribution in [0.15, 0.2) is 66.7 Å². The lowest BCUT2D eigenvalue weighted by Gasteiger charge is -2.24. The number of fused-ring (bicyclic) bond motifs is 1. The molecule has 4 heteroatoms. The molecule has 0 saturated heterocycles. The van der Waals surface area contributed by atoms with Crippen molar-refractivity contribution in [1.82, 2.24) is 5.32 Å². The molecule has 0 aromatic heterocycles. The molecule has 0 saturated carbocycles. The molecule has 3 aromatic rings. The zero-order valence-electron chi connectivity index (χ0n) is 15.0. The van der Waals surface area contributed by atoms with Crippen molar-refractivity contribution in [3.63, 3.8) is 0 Å². The number of ether oxygens (including phenoxy) is 1. The highest BCUT2D eigenvalue weighted by Gasteiger charge is 2.25. The molecule has 1 atom stereocenters. The second-order valence-electron chi connectivity index (χ2n) is 6.42. The zero-order valence-corrected chi connectivity index (χ0v) is 15.0. The molecule has 134 valence electrons. The molecule has 0 spiro atoms. The Labute approximate surface area is 153 Å². The van der Waals surface area contributed by atoms with Crippen LogP contribution in [0, 0.1) is 0 Å². The van der Waals surface area contributed by atoms with Gasteiger partial charge in [-0.3, -0.25) is 4.79 Å². The summed E-state index contributed by atoms with van der Waals surface area (Å²) >= 11 is 0. The Morgan fingerprint density at radius 3 is 2.46 bits per heavy atom. The molecule has 0 aliphatic carbocycles. The van der Waals surface area contributed by atoms with E-state index in [9.17, 15) is 9.90 Å². The lowest BCUT2D eigenvalue weighted by atomic mass is 9.95. The Bertz CT molecular complexity index is 904. The first kappa shape index (κ1) is 18.0. The molecule has 1 amide bonds. The van der Waals surface area contributed by atoms with Gasteiger partial charge < -0.3 is 15.2 Å². The molecule has 26 heavy (non-hydrogen) atoms. The van der Waals surface area contributed by atoms with Crippen molar-refractivity contribution in [2.45, 2.75) is 19.4 Å². The summed E-state index contributed by atoms with van der Waals surface area (Å²) in [6.07, 6.45) is 0. The van der Waals surface area contributed by atoms with E-state index < -0.39 is 5.60 Å². The average molecular weight is 349 g/mol. The van der Waals surface area contributed by atoms with Gasteiger partial charge in [0.2, 0.25) is 0 Å². The van der Waals surface area contributed by atoms with Crippen LogP contribution in [0.5, 0.6) is 5.75 Å². The van der Waals surface area contributed by atoms with Gasteiger partial charge in [0.1, 0.15) is 11.4 Å². The molecule has 0 heterocycles.